The monoisotopic (exact) mass is 352 g/mol. The number of anilines is 1. The molecule has 22 heavy (non-hydrogen) atoms. The third kappa shape index (κ3) is 3.40. The van der Waals surface area contributed by atoms with Gasteiger partial charge in [0.1, 0.15) is 0 Å². The van der Waals surface area contributed by atoms with Crippen molar-refractivity contribution in [1.82, 2.24) is 4.98 Å². The summed E-state index contributed by atoms with van der Waals surface area (Å²) < 4.78 is 0.927. The number of carbonyl (C=O) groups excluding carboxylic acids is 1. The zero-order chi connectivity index (χ0) is 15.4. The summed E-state index contributed by atoms with van der Waals surface area (Å²) in [7, 11) is 0. The standard InChI is InChI=1S/C18H13BrN2O/c19-15-4-3-5-16(12-15)21-18(22)14-9-7-13(8-10-14)17-6-1-2-11-20-17/h1-12H,(H,21,22). The molecule has 0 aliphatic heterocycles. The quantitative estimate of drug-likeness (QED) is 0.737. The summed E-state index contributed by atoms with van der Waals surface area (Å²) in [6.07, 6.45) is 1.75. The maximum Gasteiger partial charge on any atom is 0.255 e. The van der Waals surface area contributed by atoms with Gasteiger partial charge in [-0.1, -0.05) is 40.2 Å². The lowest BCUT2D eigenvalue weighted by Gasteiger charge is -2.06. The van der Waals surface area contributed by atoms with E-state index < -0.39 is 0 Å². The Hall–Kier alpha value is -2.46. The van der Waals surface area contributed by atoms with Crippen LogP contribution in [0.4, 0.5) is 5.69 Å². The van der Waals surface area contributed by atoms with Crippen LogP contribution in [0.5, 0.6) is 0 Å². The van der Waals surface area contributed by atoms with E-state index in [9.17, 15) is 4.79 Å². The van der Waals surface area contributed by atoms with Crippen LogP contribution >= 0.6 is 15.9 Å². The van der Waals surface area contributed by atoms with Gasteiger partial charge in [0.25, 0.3) is 5.91 Å². The van der Waals surface area contributed by atoms with Gasteiger partial charge in [0.15, 0.2) is 0 Å². The Morgan fingerprint density at radius 1 is 0.955 bits per heavy atom. The number of nitrogens with one attached hydrogen (secondary N) is 1. The first-order valence-corrected chi connectivity index (χ1v) is 7.60. The predicted molar refractivity (Wildman–Crippen MR) is 91.8 cm³/mol. The van der Waals surface area contributed by atoms with Gasteiger partial charge in [-0.2, -0.15) is 0 Å². The molecule has 0 radical (unpaired) electrons. The molecule has 0 bridgehead atoms. The summed E-state index contributed by atoms with van der Waals surface area (Å²) in [5, 5.41) is 2.87. The van der Waals surface area contributed by atoms with Gasteiger partial charge in [-0.05, 0) is 42.5 Å². The fourth-order valence-corrected chi connectivity index (χ4v) is 2.49. The van der Waals surface area contributed by atoms with Gasteiger partial charge in [-0.25, -0.2) is 0 Å². The largest absolute Gasteiger partial charge is 0.322 e. The number of pyridine rings is 1. The van der Waals surface area contributed by atoms with E-state index in [4.69, 9.17) is 0 Å². The first kappa shape index (κ1) is 14.5. The van der Waals surface area contributed by atoms with Crippen molar-refractivity contribution >= 4 is 27.5 Å². The second-order valence-electron chi connectivity index (χ2n) is 4.76. The Morgan fingerprint density at radius 2 is 1.77 bits per heavy atom. The SMILES string of the molecule is O=C(Nc1cccc(Br)c1)c1ccc(-c2ccccn2)cc1. The molecule has 0 saturated carbocycles. The third-order valence-corrected chi connectivity index (χ3v) is 3.68. The zero-order valence-electron chi connectivity index (χ0n) is 11.7. The molecule has 1 heterocycles. The van der Waals surface area contributed by atoms with Crippen molar-refractivity contribution in [2.24, 2.45) is 0 Å². The van der Waals surface area contributed by atoms with E-state index in [1.165, 1.54) is 0 Å². The summed E-state index contributed by atoms with van der Waals surface area (Å²) in [5.41, 5.74) is 3.24. The molecule has 0 aliphatic carbocycles. The zero-order valence-corrected chi connectivity index (χ0v) is 13.2. The van der Waals surface area contributed by atoms with Crippen LogP contribution < -0.4 is 5.32 Å². The highest BCUT2D eigenvalue weighted by molar-refractivity contribution is 9.10. The second kappa shape index (κ2) is 6.54. The number of hydrogen-bond acceptors (Lipinski definition) is 2. The minimum atomic E-state index is -0.134. The Balaban J connectivity index is 1.76. The average Bonchev–Trinajstić information content (AvgIpc) is 2.56. The van der Waals surface area contributed by atoms with Gasteiger partial charge in [-0.3, -0.25) is 9.78 Å². The van der Waals surface area contributed by atoms with E-state index in [0.717, 1.165) is 21.4 Å². The molecule has 3 nitrogen and oxygen atoms in total. The summed E-state index contributed by atoms with van der Waals surface area (Å²) in [6, 6.07) is 20.7. The molecule has 1 N–H and O–H groups in total. The third-order valence-electron chi connectivity index (χ3n) is 3.19. The second-order valence-corrected chi connectivity index (χ2v) is 5.67. The van der Waals surface area contributed by atoms with Crippen LogP contribution in [0.2, 0.25) is 0 Å². The molecule has 0 aliphatic rings. The highest BCUT2D eigenvalue weighted by atomic mass is 79.9. The molecule has 0 saturated heterocycles. The Morgan fingerprint density at radius 3 is 2.45 bits per heavy atom. The van der Waals surface area contributed by atoms with Gasteiger partial charge in [0.05, 0.1) is 5.69 Å². The molecule has 1 amide bonds. The normalized spacial score (nSPS) is 10.2. The molecule has 3 aromatic rings. The van der Waals surface area contributed by atoms with E-state index in [0.29, 0.717) is 5.56 Å². The van der Waals surface area contributed by atoms with Gasteiger partial charge >= 0.3 is 0 Å². The Labute approximate surface area is 137 Å². The van der Waals surface area contributed by atoms with E-state index >= 15 is 0 Å². The van der Waals surface area contributed by atoms with Gasteiger partial charge in [-0.15, -0.1) is 0 Å². The Bertz CT molecular complexity index is 786. The van der Waals surface area contributed by atoms with Crippen LogP contribution in [-0.2, 0) is 0 Å². The molecular formula is C18H13BrN2O. The van der Waals surface area contributed by atoms with Crippen molar-refractivity contribution < 1.29 is 4.79 Å². The van der Waals surface area contributed by atoms with Crippen molar-refractivity contribution in [3.8, 4) is 11.3 Å². The van der Waals surface area contributed by atoms with Gasteiger partial charge in [0.2, 0.25) is 0 Å². The smallest absolute Gasteiger partial charge is 0.255 e. The van der Waals surface area contributed by atoms with Crippen molar-refractivity contribution in [3.05, 3.63) is 83.0 Å². The van der Waals surface area contributed by atoms with E-state index in [1.54, 1.807) is 18.3 Å². The highest BCUT2D eigenvalue weighted by Crippen LogP contribution is 2.19. The van der Waals surface area contributed by atoms with Gasteiger partial charge in [0, 0.05) is 27.5 Å². The molecule has 4 heteroatoms. The number of benzene rings is 2. The fraction of sp³-hybridized carbons (Fsp3) is 0. The number of amides is 1. The van der Waals surface area contributed by atoms with E-state index in [2.05, 4.69) is 26.2 Å². The molecule has 108 valence electrons. The van der Waals surface area contributed by atoms with Crippen LogP contribution in [0.15, 0.2) is 77.4 Å². The molecular weight excluding hydrogens is 340 g/mol. The number of halogens is 1. The molecule has 0 atom stereocenters. The summed E-state index contributed by atoms with van der Waals surface area (Å²) in [5.74, 6) is -0.134. The van der Waals surface area contributed by atoms with Crippen molar-refractivity contribution in [2.75, 3.05) is 5.32 Å². The van der Waals surface area contributed by atoms with Crippen LogP contribution in [0.1, 0.15) is 10.4 Å². The number of aromatic nitrogens is 1. The number of carbonyl (C=O) groups is 1. The lowest BCUT2D eigenvalue weighted by molar-refractivity contribution is 0.102. The fourth-order valence-electron chi connectivity index (χ4n) is 2.10. The average molecular weight is 353 g/mol. The predicted octanol–water partition coefficient (Wildman–Crippen LogP) is 4.76. The number of hydrogen-bond donors (Lipinski definition) is 1. The van der Waals surface area contributed by atoms with Crippen LogP contribution in [0, 0.1) is 0 Å². The summed E-state index contributed by atoms with van der Waals surface area (Å²) in [6.45, 7) is 0. The first-order valence-electron chi connectivity index (χ1n) is 6.81. The van der Waals surface area contributed by atoms with Crippen LogP contribution in [0.25, 0.3) is 11.3 Å². The minimum absolute atomic E-state index is 0.134. The summed E-state index contributed by atoms with van der Waals surface area (Å²) in [4.78, 5) is 16.5. The molecule has 0 spiro atoms. The molecule has 2 aromatic carbocycles. The highest BCUT2D eigenvalue weighted by Gasteiger charge is 2.07. The molecule has 3 rings (SSSR count). The van der Waals surface area contributed by atoms with Crippen molar-refractivity contribution in [3.63, 3.8) is 0 Å². The minimum Gasteiger partial charge on any atom is -0.322 e. The first-order chi connectivity index (χ1) is 10.7. The topological polar surface area (TPSA) is 42.0 Å². The van der Waals surface area contributed by atoms with Gasteiger partial charge < -0.3 is 5.32 Å². The van der Waals surface area contributed by atoms with E-state index in [1.807, 2.05) is 54.6 Å². The number of rotatable bonds is 3. The molecule has 0 fully saturated rings. The van der Waals surface area contributed by atoms with Crippen LogP contribution in [0.3, 0.4) is 0 Å². The summed E-state index contributed by atoms with van der Waals surface area (Å²) >= 11 is 3.39. The van der Waals surface area contributed by atoms with Crippen molar-refractivity contribution in [1.29, 1.82) is 0 Å². The maximum atomic E-state index is 12.2. The molecule has 0 unspecified atom stereocenters. The Kier molecular flexibility index (Phi) is 4.30. The van der Waals surface area contributed by atoms with Crippen LogP contribution in [-0.4, -0.2) is 10.9 Å². The van der Waals surface area contributed by atoms with E-state index in [-0.39, 0.29) is 5.91 Å². The lowest BCUT2D eigenvalue weighted by Crippen LogP contribution is -2.11. The maximum absolute atomic E-state index is 12.2. The number of nitrogens with zero attached hydrogens (tertiary/aromatic N) is 1. The molecule has 1 aromatic heterocycles. The lowest BCUT2D eigenvalue weighted by atomic mass is 10.1. The van der Waals surface area contributed by atoms with Crippen molar-refractivity contribution in [2.45, 2.75) is 0 Å².